The lowest BCUT2D eigenvalue weighted by Crippen LogP contribution is -2.19. The van der Waals surface area contributed by atoms with Crippen LogP contribution < -0.4 is 0 Å². The van der Waals surface area contributed by atoms with E-state index in [-0.39, 0.29) is 62.3 Å². The lowest BCUT2D eigenvalue weighted by Gasteiger charge is -2.10. The van der Waals surface area contributed by atoms with Crippen molar-refractivity contribution in [1.82, 2.24) is 30.0 Å². The normalized spacial score (nSPS) is 10.6. The second-order valence-corrected chi connectivity index (χ2v) is 7.59. The van der Waals surface area contributed by atoms with Crippen LogP contribution in [0.2, 0.25) is 0 Å². The molecule has 202 valence electrons. The minimum Gasteiger partial charge on any atom is -0.461 e. The maximum atomic E-state index is 12.6. The van der Waals surface area contributed by atoms with E-state index in [1.54, 1.807) is 52.0 Å². The summed E-state index contributed by atoms with van der Waals surface area (Å²) in [7, 11) is 0. The highest BCUT2D eigenvalue weighted by atomic mass is 16.5. The molecule has 2 heterocycles. The molecule has 38 heavy (non-hydrogen) atoms. The number of benzene rings is 1. The number of rotatable bonds is 12. The van der Waals surface area contributed by atoms with Gasteiger partial charge in [0, 0.05) is 0 Å². The van der Waals surface area contributed by atoms with Gasteiger partial charge in [-0.3, -0.25) is 0 Å². The van der Waals surface area contributed by atoms with Gasteiger partial charge in [0.25, 0.3) is 0 Å². The average Bonchev–Trinajstić information content (AvgIpc) is 3.49. The van der Waals surface area contributed by atoms with E-state index in [1.807, 2.05) is 0 Å². The Kier molecular flexibility index (Phi) is 9.62. The minimum atomic E-state index is -0.786. The Balaban J connectivity index is 1.91. The quantitative estimate of drug-likeness (QED) is 0.247. The second kappa shape index (κ2) is 13.1. The van der Waals surface area contributed by atoms with Gasteiger partial charge in [-0.25, -0.2) is 28.5 Å². The van der Waals surface area contributed by atoms with Gasteiger partial charge < -0.3 is 18.9 Å². The monoisotopic (exact) mass is 528 g/mol. The zero-order valence-electron chi connectivity index (χ0n) is 21.5. The SMILES string of the molecule is CCOC(=O)c1nnn(Cc2cccc(Cn3nnc(C(=O)OCC)c3C(=O)OCC)c2)c1C(=O)OCC. The molecule has 3 aromatic rings. The molecule has 0 N–H and O–H groups in total. The molecule has 0 fully saturated rings. The molecule has 14 nitrogen and oxygen atoms in total. The molecule has 0 aliphatic heterocycles. The predicted octanol–water partition coefficient (Wildman–Crippen LogP) is 1.67. The number of hydrogen-bond acceptors (Lipinski definition) is 12. The van der Waals surface area contributed by atoms with Crippen LogP contribution in [-0.4, -0.2) is 80.3 Å². The Bertz CT molecular complexity index is 1220. The van der Waals surface area contributed by atoms with Crippen LogP contribution in [0, 0.1) is 0 Å². The van der Waals surface area contributed by atoms with Gasteiger partial charge in [0.2, 0.25) is 11.4 Å². The Morgan fingerprint density at radius 1 is 0.632 bits per heavy atom. The highest BCUT2D eigenvalue weighted by molar-refractivity contribution is 6.01. The smallest absolute Gasteiger partial charge is 0.361 e. The molecule has 1 aromatic carbocycles. The van der Waals surface area contributed by atoms with Gasteiger partial charge in [0.15, 0.2) is 11.4 Å². The molecule has 0 bridgehead atoms. The van der Waals surface area contributed by atoms with Crippen LogP contribution in [0.1, 0.15) is 80.8 Å². The van der Waals surface area contributed by atoms with Gasteiger partial charge in [-0.1, -0.05) is 34.7 Å². The Hall–Kier alpha value is -4.62. The van der Waals surface area contributed by atoms with E-state index in [0.717, 1.165) is 0 Å². The molecule has 14 heteroatoms. The number of esters is 4. The predicted molar refractivity (Wildman–Crippen MR) is 129 cm³/mol. The first kappa shape index (κ1) is 28.0. The summed E-state index contributed by atoms with van der Waals surface area (Å²) in [6.07, 6.45) is 0. The van der Waals surface area contributed by atoms with Gasteiger partial charge in [0.05, 0.1) is 39.5 Å². The first-order chi connectivity index (χ1) is 18.3. The summed E-state index contributed by atoms with van der Waals surface area (Å²) in [5.74, 6) is -3.09. The van der Waals surface area contributed by atoms with Crippen LogP contribution in [0.4, 0.5) is 0 Å². The topological polar surface area (TPSA) is 167 Å². The Labute approximate surface area is 217 Å². The fourth-order valence-corrected chi connectivity index (χ4v) is 3.50. The zero-order valence-corrected chi connectivity index (χ0v) is 21.5. The molecular weight excluding hydrogens is 500 g/mol. The molecule has 0 aliphatic carbocycles. The Morgan fingerprint density at radius 3 is 1.37 bits per heavy atom. The summed E-state index contributed by atoms with van der Waals surface area (Å²) in [6.45, 7) is 7.09. The first-order valence-corrected chi connectivity index (χ1v) is 12.0. The maximum absolute atomic E-state index is 12.6. The van der Waals surface area contributed by atoms with Crippen molar-refractivity contribution in [2.45, 2.75) is 40.8 Å². The lowest BCUT2D eigenvalue weighted by atomic mass is 10.1. The zero-order chi connectivity index (χ0) is 27.7. The van der Waals surface area contributed by atoms with E-state index >= 15 is 0 Å². The van der Waals surface area contributed by atoms with Crippen molar-refractivity contribution in [3.05, 3.63) is 58.2 Å². The molecule has 3 rings (SSSR count). The van der Waals surface area contributed by atoms with E-state index in [4.69, 9.17) is 18.9 Å². The molecule has 0 unspecified atom stereocenters. The van der Waals surface area contributed by atoms with E-state index in [2.05, 4.69) is 20.6 Å². The minimum absolute atomic E-state index is 0.0740. The third-order valence-electron chi connectivity index (χ3n) is 5.00. The van der Waals surface area contributed by atoms with Crippen molar-refractivity contribution in [3.8, 4) is 0 Å². The second-order valence-electron chi connectivity index (χ2n) is 7.59. The molecule has 0 atom stereocenters. The van der Waals surface area contributed by atoms with Gasteiger partial charge in [-0.2, -0.15) is 0 Å². The average molecular weight is 529 g/mol. The summed E-state index contributed by atoms with van der Waals surface area (Å²) in [4.78, 5) is 49.7. The molecule has 0 radical (unpaired) electrons. The third-order valence-corrected chi connectivity index (χ3v) is 5.00. The standard InChI is InChI=1S/C24H28N6O8/c1-5-35-21(31)17-19(23(33)37-7-3)29(27-25-17)13-15-10-9-11-16(12-15)14-30-20(24(34)38-8-4)18(26-28-30)22(32)36-6-2/h9-12H,5-8,13-14H2,1-4H3. The number of carbonyl (C=O) groups excluding carboxylic acids is 4. The fraction of sp³-hybridized carbons (Fsp3) is 0.417. The van der Waals surface area contributed by atoms with Gasteiger partial charge in [-0.15, -0.1) is 10.2 Å². The van der Waals surface area contributed by atoms with Crippen LogP contribution in [0.3, 0.4) is 0 Å². The van der Waals surface area contributed by atoms with Crippen molar-refractivity contribution in [1.29, 1.82) is 0 Å². The van der Waals surface area contributed by atoms with Crippen molar-refractivity contribution >= 4 is 23.9 Å². The van der Waals surface area contributed by atoms with Crippen molar-refractivity contribution < 1.29 is 38.1 Å². The highest BCUT2D eigenvalue weighted by Crippen LogP contribution is 2.16. The van der Waals surface area contributed by atoms with Crippen molar-refractivity contribution in [3.63, 3.8) is 0 Å². The van der Waals surface area contributed by atoms with E-state index in [9.17, 15) is 19.2 Å². The highest BCUT2D eigenvalue weighted by Gasteiger charge is 2.29. The summed E-state index contributed by atoms with van der Waals surface area (Å²) < 4.78 is 22.6. The molecule has 0 aliphatic rings. The molecule has 0 saturated carbocycles. The van der Waals surface area contributed by atoms with Gasteiger partial charge in [-0.05, 0) is 38.8 Å². The largest absolute Gasteiger partial charge is 0.461 e. The summed E-state index contributed by atoms with van der Waals surface area (Å²) >= 11 is 0. The lowest BCUT2D eigenvalue weighted by molar-refractivity contribution is 0.0467. The molecule has 0 saturated heterocycles. The van der Waals surface area contributed by atoms with Gasteiger partial charge in [0.1, 0.15) is 0 Å². The van der Waals surface area contributed by atoms with Crippen LogP contribution in [-0.2, 0) is 32.0 Å². The molecule has 0 spiro atoms. The van der Waals surface area contributed by atoms with E-state index in [1.165, 1.54) is 9.36 Å². The number of aromatic nitrogens is 6. The number of nitrogens with zero attached hydrogens (tertiary/aromatic N) is 6. The van der Waals surface area contributed by atoms with Gasteiger partial charge >= 0.3 is 23.9 Å². The van der Waals surface area contributed by atoms with Crippen LogP contribution in [0.25, 0.3) is 0 Å². The Morgan fingerprint density at radius 2 is 1.00 bits per heavy atom. The summed E-state index contributed by atoms with van der Waals surface area (Å²) in [6, 6.07) is 7.09. The van der Waals surface area contributed by atoms with Crippen LogP contribution >= 0.6 is 0 Å². The molecule has 0 amide bonds. The van der Waals surface area contributed by atoms with Crippen molar-refractivity contribution in [2.75, 3.05) is 26.4 Å². The van der Waals surface area contributed by atoms with Crippen LogP contribution in [0.5, 0.6) is 0 Å². The number of ether oxygens (including phenoxy) is 4. The van der Waals surface area contributed by atoms with Crippen LogP contribution in [0.15, 0.2) is 24.3 Å². The fourth-order valence-electron chi connectivity index (χ4n) is 3.50. The summed E-state index contributed by atoms with van der Waals surface area (Å²) in [5, 5.41) is 15.6. The third kappa shape index (κ3) is 6.38. The number of carbonyl (C=O) groups is 4. The van der Waals surface area contributed by atoms with Crippen molar-refractivity contribution in [2.24, 2.45) is 0 Å². The molecule has 2 aromatic heterocycles. The molecular formula is C24H28N6O8. The van der Waals surface area contributed by atoms with E-state index < -0.39 is 23.9 Å². The number of hydrogen-bond donors (Lipinski definition) is 0. The maximum Gasteiger partial charge on any atom is 0.361 e. The summed E-state index contributed by atoms with van der Waals surface area (Å²) in [5.41, 5.74) is 0.643. The first-order valence-electron chi connectivity index (χ1n) is 12.0. The van der Waals surface area contributed by atoms with E-state index in [0.29, 0.717) is 11.1 Å².